The largest absolute Gasteiger partial charge is 0.505 e. The molecule has 10 nitrogen and oxygen atoms in total. The van der Waals surface area contributed by atoms with E-state index in [0.29, 0.717) is 17.8 Å². The van der Waals surface area contributed by atoms with Gasteiger partial charge in [0.2, 0.25) is 5.91 Å². The zero-order valence-corrected chi connectivity index (χ0v) is 21.8. The number of benzene rings is 2. The van der Waals surface area contributed by atoms with Crippen molar-refractivity contribution in [1.29, 1.82) is 0 Å². The van der Waals surface area contributed by atoms with Crippen molar-refractivity contribution >= 4 is 34.6 Å². The van der Waals surface area contributed by atoms with Crippen LogP contribution in [0.4, 0.5) is 5.69 Å². The normalized spacial score (nSPS) is 11.8. The zero-order chi connectivity index (χ0) is 27.1. The van der Waals surface area contributed by atoms with E-state index in [0.717, 1.165) is 22.2 Å². The maximum atomic E-state index is 12.3. The van der Waals surface area contributed by atoms with Crippen molar-refractivity contribution in [3.05, 3.63) is 53.6 Å². The Morgan fingerprint density at radius 1 is 1.00 bits per heavy atom. The van der Waals surface area contributed by atoms with Crippen molar-refractivity contribution in [3.8, 4) is 11.4 Å². The molecule has 0 spiro atoms. The van der Waals surface area contributed by atoms with Gasteiger partial charge in [0, 0.05) is 30.2 Å². The van der Waals surface area contributed by atoms with E-state index in [2.05, 4.69) is 11.9 Å². The molecule has 37 heavy (non-hydrogen) atoms. The third-order valence-corrected chi connectivity index (χ3v) is 5.95. The van der Waals surface area contributed by atoms with E-state index in [-0.39, 0.29) is 42.3 Å². The summed E-state index contributed by atoms with van der Waals surface area (Å²) in [5.41, 5.74) is 4.73. The number of hydrogen-bond acceptors (Lipinski definition) is 6. The molecule has 0 aliphatic rings. The van der Waals surface area contributed by atoms with Gasteiger partial charge < -0.3 is 19.9 Å². The number of anilines is 1. The minimum absolute atomic E-state index is 0.0254. The second-order valence-electron chi connectivity index (χ2n) is 10.2. The summed E-state index contributed by atoms with van der Waals surface area (Å²) >= 11 is 0. The molecule has 2 N–H and O–H groups in total. The number of aromatic nitrogens is 3. The predicted molar refractivity (Wildman–Crippen MR) is 139 cm³/mol. The van der Waals surface area contributed by atoms with Gasteiger partial charge >= 0.3 is 11.9 Å². The highest BCUT2D eigenvalue weighted by atomic mass is 16.6. The minimum atomic E-state index is -0.522. The third kappa shape index (κ3) is 5.32. The number of nitrogens with zero attached hydrogens (tertiary/aromatic N) is 3. The van der Waals surface area contributed by atoms with Gasteiger partial charge in [0.15, 0.2) is 0 Å². The van der Waals surface area contributed by atoms with Crippen LogP contribution < -0.4 is 5.32 Å². The molecule has 0 saturated carbocycles. The average Bonchev–Trinajstić information content (AvgIpc) is 3.47. The SMILES string of the molecule is C=C(C)C(=O)OCCOC(=O)CCc1cc(-n2n3c4ccc(NC(C)=O)cc4n23)c(O)c(C(C)(C)C)c1. The number of phenols is 1. The van der Waals surface area contributed by atoms with Crippen molar-refractivity contribution in [2.75, 3.05) is 18.5 Å². The Labute approximate surface area is 214 Å². The van der Waals surface area contributed by atoms with Crippen molar-refractivity contribution in [1.82, 2.24) is 14.1 Å². The molecule has 2 aromatic heterocycles. The summed E-state index contributed by atoms with van der Waals surface area (Å²) in [6.45, 7) is 12.5. The summed E-state index contributed by atoms with van der Waals surface area (Å²) in [5.74, 6) is -0.909. The van der Waals surface area contributed by atoms with Crippen LogP contribution in [0.15, 0.2) is 42.5 Å². The molecule has 0 radical (unpaired) electrons. The van der Waals surface area contributed by atoms with Crippen LogP contribution in [0, 0.1) is 0 Å². The van der Waals surface area contributed by atoms with Gasteiger partial charge in [-0.05, 0) is 48.6 Å². The second kappa shape index (κ2) is 9.68. The number of phenolic OH excluding ortho intramolecular Hbond substituents is 1. The van der Waals surface area contributed by atoms with Gasteiger partial charge in [-0.1, -0.05) is 33.4 Å². The first-order valence-corrected chi connectivity index (χ1v) is 12.0. The summed E-state index contributed by atoms with van der Waals surface area (Å²) in [7, 11) is 0. The number of nitrogens with one attached hydrogen (secondary N) is 1. The van der Waals surface area contributed by atoms with Crippen LogP contribution in [-0.4, -0.2) is 50.2 Å². The minimum Gasteiger partial charge on any atom is -0.505 e. The van der Waals surface area contributed by atoms with Gasteiger partial charge in [-0.25, -0.2) is 4.79 Å². The van der Waals surface area contributed by atoms with E-state index in [1.165, 1.54) is 6.92 Å². The number of amides is 1. The number of rotatable bonds is 9. The van der Waals surface area contributed by atoms with E-state index in [4.69, 9.17) is 9.47 Å². The maximum Gasteiger partial charge on any atom is 0.333 e. The standard InChI is InChI=1S/C27H32N4O6/c1-16(2)26(35)37-12-11-36-24(33)10-7-18-13-20(27(4,5)6)25(34)23(14-18)31-29-21-9-8-19(28-17(3)32)15-22(21)30(29)31/h8-9,13-15,34H,1,7,10-12H2,2-6H3,(H,28,32). The summed E-state index contributed by atoms with van der Waals surface area (Å²) in [6, 6.07) is 9.39. The lowest BCUT2D eigenvalue weighted by atomic mass is 9.84. The molecule has 0 saturated heterocycles. The fraction of sp³-hybridized carbons (Fsp3) is 0.370. The molecule has 4 rings (SSSR count). The second-order valence-corrected chi connectivity index (χ2v) is 10.2. The monoisotopic (exact) mass is 508 g/mol. The van der Waals surface area contributed by atoms with Crippen LogP contribution in [0.2, 0.25) is 0 Å². The lowest BCUT2D eigenvalue weighted by Crippen LogP contribution is -2.15. The number of ether oxygens (including phenoxy) is 2. The van der Waals surface area contributed by atoms with Crippen molar-refractivity contribution in [2.24, 2.45) is 0 Å². The highest BCUT2D eigenvalue weighted by Crippen LogP contribution is 2.39. The van der Waals surface area contributed by atoms with E-state index in [1.807, 2.05) is 65.2 Å². The Morgan fingerprint density at radius 2 is 1.68 bits per heavy atom. The zero-order valence-electron chi connectivity index (χ0n) is 21.8. The van der Waals surface area contributed by atoms with E-state index in [1.54, 1.807) is 6.92 Å². The summed E-state index contributed by atoms with van der Waals surface area (Å²) < 4.78 is 13.9. The number of carbonyl (C=O) groups excluding carboxylic acids is 3. The van der Waals surface area contributed by atoms with Gasteiger partial charge in [0.05, 0.1) is 0 Å². The van der Waals surface area contributed by atoms with E-state index >= 15 is 0 Å². The van der Waals surface area contributed by atoms with Gasteiger partial charge in [-0.2, -0.15) is 0 Å². The van der Waals surface area contributed by atoms with Gasteiger partial charge in [-0.15, -0.1) is 14.1 Å². The van der Waals surface area contributed by atoms with Gasteiger partial charge in [0.25, 0.3) is 0 Å². The lowest BCUT2D eigenvalue weighted by Gasteiger charge is -2.22. The summed E-state index contributed by atoms with van der Waals surface area (Å²) in [6.07, 6.45) is 0.546. The summed E-state index contributed by atoms with van der Waals surface area (Å²) in [5, 5.41) is 14.0. The molecule has 0 aliphatic carbocycles. The number of esters is 2. The van der Waals surface area contributed by atoms with Crippen LogP contribution in [0.3, 0.4) is 0 Å². The molecule has 0 aliphatic heterocycles. The van der Waals surface area contributed by atoms with Crippen LogP contribution in [0.25, 0.3) is 16.7 Å². The predicted octanol–water partition coefficient (Wildman–Crippen LogP) is 3.98. The molecule has 1 amide bonds. The molecular formula is C27H32N4O6. The van der Waals surface area contributed by atoms with Crippen molar-refractivity contribution < 1.29 is 29.0 Å². The first-order valence-electron chi connectivity index (χ1n) is 12.0. The smallest absolute Gasteiger partial charge is 0.333 e. The lowest BCUT2D eigenvalue weighted by molar-refractivity contribution is -0.150. The number of aromatic hydroxyl groups is 1. The van der Waals surface area contributed by atoms with E-state index in [9.17, 15) is 19.5 Å². The molecule has 0 fully saturated rings. The number of hydrogen-bond donors (Lipinski definition) is 2. The fourth-order valence-corrected chi connectivity index (χ4v) is 4.11. The Hall–Kier alpha value is -4.21. The van der Waals surface area contributed by atoms with Crippen molar-refractivity contribution in [3.63, 3.8) is 0 Å². The Morgan fingerprint density at radius 3 is 2.32 bits per heavy atom. The van der Waals surface area contributed by atoms with Gasteiger partial charge in [0.1, 0.15) is 35.7 Å². The Bertz CT molecular complexity index is 1500. The van der Waals surface area contributed by atoms with E-state index < -0.39 is 11.9 Å². The molecule has 0 unspecified atom stereocenters. The first kappa shape index (κ1) is 25.9. The molecule has 10 heteroatoms. The summed E-state index contributed by atoms with van der Waals surface area (Å²) in [4.78, 5) is 36.9. The fourth-order valence-electron chi connectivity index (χ4n) is 4.11. The number of carbonyl (C=O) groups is 3. The van der Waals surface area contributed by atoms with Crippen molar-refractivity contribution in [2.45, 2.75) is 52.9 Å². The van der Waals surface area contributed by atoms with Crippen LogP contribution >= 0.6 is 0 Å². The molecule has 196 valence electrons. The molecular weight excluding hydrogens is 476 g/mol. The third-order valence-electron chi connectivity index (χ3n) is 5.95. The number of aryl methyl sites for hydroxylation is 1. The quantitative estimate of drug-likeness (QED) is 0.201. The molecule has 2 heterocycles. The molecule has 0 bridgehead atoms. The first-order chi connectivity index (χ1) is 17.4. The highest BCUT2D eigenvalue weighted by Gasteiger charge is 2.29. The Balaban J connectivity index is 1.53. The topological polar surface area (TPSA) is 116 Å². The van der Waals surface area contributed by atoms with Crippen LogP contribution in [0.5, 0.6) is 5.75 Å². The molecule has 4 aromatic rings. The van der Waals surface area contributed by atoms with Crippen LogP contribution in [0.1, 0.15) is 52.2 Å². The average molecular weight is 509 g/mol. The van der Waals surface area contributed by atoms with Crippen LogP contribution in [-0.2, 0) is 35.7 Å². The molecule has 0 atom stereocenters. The maximum absolute atomic E-state index is 12.3. The highest BCUT2D eigenvalue weighted by molar-refractivity contribution is 5.92. The van der Waals surface area contributed by atoms with Gasteiger partial charge in [-0.3, -0.25) is 9.59 Å². The Kier molecular flexibility index (Phi) is 6.77. The number of fused-ring (bicyclic) bond motifs is 4. The molecule has 2 aromatic carbocycles.